The van der Waals surface area contributed by atoms with Gasteiger partial charge in [-0.1, -0.05) is 17.7 Å². The lowest BCUT2D eigenvalue weighted by molar-refractivity contribution is 0.0746. The van der Waals surface area contributed by atoms with Crippen molar-refractivity contribution >= 4 is 17.5 Å². The number of pyridine rings is 2. The Morgan fingerprint density at radius 2 is 2.19 bits per heavy atom. The maximum Gasteiger partial charge on any atom is 0.255 e. The summed E-state index contributed by atoms with van der Waals surface area (Å²) in [5.74, 6) is -0.182. The van der Waals surface area contributed by atoms with Crippen LogP contribution in [0.4, 0.5) is 0 Å². The third-order valence-electron chi connectivity index (χ3n) is 2.85. The Labute approximate surface area is 127 Å². The molecule has 0 radical (unpaired) electrons. The van der Waals surface area contributed by atoms with Crippen LogP contribution in [0.5, 0.6) is 0 Å². The van der Waals surface area contributed by atoms with Crippen LogP contribution in [0.2, 0.25) is 5.15 Å². The second-order valence-corrected chi connectivity index (χ2v) is 4.75. The van der Waals surface area contributed by atoms with Crippen LogP contribution >= 0.6 is 11.6 Å². The number of halogens is 1. The van der Waals surface area contributed by atoms with Crippen LogP contribution in [-0.2, 0) is 6.54 Å². The number of rotatable bonds is 5. The molecule has 1 amide bonds. The molecular formula is C15H13ClN4O. The SMILES string of the molecule is N#CCCN(Cc1cccnc1)C(=O)c1ccc(Cl)nc1. The maximum atomic E-state index is 12.5. The second-order valence-electron chi connectivity index (χ2n) is 4.37. The van der Waals surface area contributed by atoms with Crippen molar-refractivity contribution in [2.24, 2.45) is 0 Å². The van der Waals surface area contributed by atoms with E-state index < -0.39 is 0 Å². The molecule has 0 unspecified atom stereocenters. The molecule has 2 rings (SSSR count). The minimum atomic E-state index is -0.182. The number of hydrogen-bond acceptors (Lipinski definition) is 4. The summed E-state index contributed by atoms with van der Waals surface area (Å²) in [6, 6.07) is 8.95. The van der Waals surface area contributed by atoms with Crippen molar-refractivity contribution in [1.82, 2.24) is 14.9 Å². The molecule has 0 fully saturated rings. The van der Waals surface area contributed by atoms with Gasteiger partial charge in [0.2, 0.25) is 0 Å². The topological polar surface area (TPSA) is 69.9 Å². The van der Waals surface area contributed by atoms with Gasteiger partial charge in [-0.25, -0.2) is 4.98 Å². The molecule has 6 heteroatoms. The van der Waals surface area contributed by atoms with E-state index in [1.165, 1.54) is 6.20 Å². The molecule has 5 nitrogen and oxygen atoms in total. The highest BCUT2D eigenvalue weighted by Crippen LogP contribution is 2.11. The summed E-state index contributed by atoms with van der Waals surface area (Å²) in [5, 5.41) is 9.08. The van der Waals surface area contributed by atoms with Gasteiger partial charge in [-0.2, -0.15) is 5.26 Å². The van der Waals surface area contributed by atoms with Gasteiger partial charge in [-0.15, -0.1) is 0 Å². The highest BCUT2D eigenvalue weighted by Gasteiger charge is 2.16. The normalized spacial score (nSPS) is 9.90. The fourth-order valence-electron chi connectivity index (χ4n) is 1.83. The lowest BCUT2D eigenvalue weighted by Crippen LogP contribution is -2.31. The summed E-state index contributed by atoms with van der Waals surface area (Å²) in [5.41, 5.74) is 1.35. The molecule has 0 atom stereocenters. The summed E-state index contributed by atoms with van der Waals surface area (Å²) in [7, 11) is 0. The summed E-state index contributed by atoms with van der Waals surface area (Å²) < 4.78 is 0. The molecule has 0 bridgehead atoms. The Bertz CT molecular complexity index is 637. The van der Waals surface area contributed by atoms with E-state index in [4.69, 9.17) is 16.9 Å². The van der Waals surface area contributed by atoms with Gasteiger partial charge in [0, 0.05) is 31.7 Å². The largest absolute Gasteiger partial charge is 0.333 e. The van der Waals surface area contributed by atoms with Gasteiger partial charge in [0.1, 0.15) is 5.15 Å². The molecule has 0 aliphatic rings. The van der Waals surface area contributed by atoms with E-state index in [0.29, 0.717) is 23.8 Å². The van der Waals surface area contributed by atoms with Crippen LogP contribution in [0.3, 0.4) is 0 Å². The molecule has 0 saturated heterocycles. The quantitative estimate of drug-likeness (QED) is 0.796. The van der Waals surface area contributed by atoms with E-state index in [2.05, 4.69) is 16.0 Å². The van der Waals surface area contributed by atoms with Gasteiger partial charge >= 0.3 is 0 Å². The Kier molecular flexibility index (Phi) is 5.24. The van der Waals surface area contributed by atoms with Crippen molar-refractivity contribution in [2.45, 2.75) is 13.0 Å². The Morgan fingerprint density at radius 3 is 2.81 bits per heavy atom. The van der Waals surface area contributed by atoms with Gasteiger partial charge < -0.3 is 4.90 Å². The van der Waals surface area contributed by atoms with Crippen molar-refractivity contribution < 1.29 is 4.79 Å². The van der Waals surface area contributed by atoms with Crippen LogP contribution in [0.25, 0.3) is 0 Å². The lowest BCUT2D eigenvalue weighted by atomic mass is 10.2. The smallest absolute Gasteiger partial charge is 0.255 e. The van der Waals surface area contributed by atoms with Crippen molar-refractivity contribution in [2.75, 3.05) is 6.54 Å². The van der Waals surface area contributed by atoms with E-state index in [0.717, 1.165) is 5.56 Å². The summed E-state index contributed by atoms with van der Waals surface area (Å²) >= 11 is 5.72. The number of carbonyl (C=O) groups excluding carboxylic acids is 1. The number of hydrogen-bond donors (Lipinski definition) is 0. The standard InChI is InChI=1S/C15H13ClN4O/c16-14-5-4-13(10-19-14)15(21)20(8-2-6-17)11-12-3-1-7-18-9-12/h1,3-5,7,9-10H,2,8,11H2. The third-order valence-corrected chi connectivity index (χ3v) is 3.07. The van der Waals surface area contributed by atoms with Crippen LogP contribution in [0.1, 0.15) is 22.3 Å². The fourth-order valence-corrected chi connectivity index (χ4v) is 1.95. The first-order valence-electron chi connectivity index (χ1n) is 6.37. The van der Waals surface area contributed by atoms with Crippen LogP contribution < -0.4 is 0 Å². The fraction of sp³-hybridized carbons (Fsp3) is 0.200. The second kappa shape index (κ2) is 7.36. The van der Waals surface area contributed by atoms with E-state index in [1.54, 1.807) is 29.4 Å². The molecule has 0 spiro atoms. The molecular weight excluding hydrogens is 288 g/mol. The van der Waals surface area contributed by atoms with E-state index in [1.807, 2.05) is 12.1 Å². The van der Waals surface area contributed by atoms with Crippen molar-refractivity contribution in [3.8, 4) is 6.07 Å². The molecule has 2 aromatic heterocycles. The number of amides is 1. The highest BCUT2D eigenvalue weighted by molar-refractivity contribution is 6.29. The summed E-state index contributed by atoms with van der Waals surface area (Å²) in [6.45, 7) is 0.754. The first-order chi connectivity index (χ1) is 10.2. The molecule has 0 aliphatic carbocycles. The third kappa shape index (κ3) is 4.26. The lowest BCUT2D eigenvalue weighted by Gasteiger charge is -2.21. The summed E-state index contributed by atoms with van der Waals surface area (Å²) in [6.07, 6.45) is 5.08. The molecule has 0 N–H and O–H groups in total. The Hall–Kier alpha value is -2.45. The van der Waals surface area contributed by atoms with Crippen LogP contribution in [-0.4, -0.2) is 27.3 Å². The Morgan fingerprint density at radius 1 is 1.33 bits per heavy atom. The first kappa shape index (κ1) is 14.9. The zero-order valence-electron chi connectivity index (χ0n) is 11.2. The molecule has 0 aliphatic heterocycles. The van der Waals surface area contributed by atoms with E-state index in [9.17, 15) is 4.79 Å². The number of nitrogens with zero attached hydrogens (tertiary/aromatic N) is 4. The number of nitriles is 1. The van der Waals surface area contributed by atoms with Crippen molar-refractivity contribution in [1.29, 1.82) is 5.26 Å². The predicted molar refractivity (Wildman–Crippen MR) is 78.5 cm³/mol. The number of aromatic nitrogens is 2. The van der Waals surface area contributed by atoms with Gasteiger partial charge in [-0.05, 0) is 23.8 Å². The monoisotopic (exact) mass is 300 g/mol. The van der Waals surface area contributed by atoms with Gasteiger partial charge in [0.25, 0.3) is 5.91 Å². The van der Waals surface area contributed by atoms with Gasteiger partial charge in [0.15, 0.2) is 0 Å². The predicted octanol–water partition coefficient (Wildman–Crippen LogP) is 2.69. The van der Waals surface area contributed by atoms with Crippen LogP contribution in [0.15, 0.2) is 42.9 Å². The maximum absolute atomic E-state index is 12.5. The minimum absolute atomic E-state index is 0.182. The zero-order valence-corrected chi connectivity index (χ0v) is 12.0. The summed E-state index contributed by atoms with van der Waals surface area (Å²) in [4.78, 5) is 22.0. The molecule has 2 aromatic rings. The minimum Gasteiger partial charge on any atom is -0.333 e. The van der Waals surface area contributed by atoms with Crippen LogP contribution in [0, 0.1) is 11.3 Å². The average Bonchev–Trinajstić information content (AvgIpc) is 2.52. The molecule has 2 heterocycles. The molecule has 21 heavy (non-hydrogen) atoms. The number of carbonyl (C=O) groups is 1. The average molecular weight is 301 g/mol. The van der Waals surface area contributed by atoms with Gasteiger partial charge in [0.05, 0.1) is 18.1 Å². The molecule has 0 aromatic carbocycles. The van der Waals surface area contributed by atoms with E-state index in [-0.39, 0.29) is 12.3 Å². The first-order valence-corrected chi connectivity index (χ1v) is 6.75. The van der Waals surface area contributed by atoms with E-state index >= 15 is 0 Å². The molecule has 106 valence electrons. The molecule has 0 saturated carbocycles. The highest BCUT2D eigenvalue weighted by atomic mass is 35.5. The zero-order chi connectivity index (χ0) is 15.1. The Balaban J connectivity index is 2.17. The van der Waals surface area contributed by atoms with Gasteiger partial charge in [-0.3, -0.25) is 9.78 Å². The van der Waals surface area contributed by atoms with Crippen molar-refractivity contribution in [3.63, 3.8) is 0 Å². The van der Waals surface area contributed by atoms with Crippen molar-refractivity contribution in [3.05, 3.63) is 59.1 Å².